The number of carbonyl (C=O) groups excluding carboxylic acids is 1. The van der Waals surface area contributed by atoms with Gasteiger partial charge in [-0.25, -0.2) is 5.43 Å². The highest BCUT2D eigenvalue weighted by atomic mass is 16.6. The molecule has 0 radical (unpaired) electrons. The maximum absolute atomic E-state index is 12.5. The van der Waals surface area contributed by atoms with Gasteiger partial charge in [0.15, 0.2) is 0 Å². The SMILES string of the molecule is O=C(N/N=C\c1cc([N+](=O)[O-])ccc1O)c1ccccc1OCc1ccccc1. The molecule has 0 spiro atoms. The van der Waals surface area contributed by atoms with E-state index in [0.29, 0.717) is 12.4 Å². The smallest absolute Gasteiger partial charge is 0.275 e. The monoisotopic (exact) mass is 391 g/mol. The molecule has 0 aliphatic heterocycles. The summed E-state index contributed by atoms with van der Waals surface area (Å²) in [6.45, 7) is 0.302. The van der Waals surface area contributed by atoms with Crippen molar-refractivity contribution in [3.63, 3.8) is 0 Å². The van der Waals surface area contributed by atoms with Gasteiger partial charge in [-0.1, -0.05) is 42.5 Å². The van der Waals surface area contributed by atoms with Gasteiger partial charge in [0.1, 0.15) is 18.1 Å². The molecule has 0 saturated carbocycles. The van der Waals surface area contributed by atoms with Gasteiger partial charge < -0.3 is 9.84 Å². The molecule has 8 heteroatoms. The number of hydrogen-bond acceptors (Lipinski definition) is 6. The number of nitro benzene ring substituents is 1. The Morgan fingerprint density at radius 2 is 1.83 bits per heavy atom. The lowest BCUT2D eigenvalue weighted by molar-refractivity contribution is -0.384. The summed E-state index contributed by atoms with van der Waals surface area (Å²) < 4.78 is 5.74. The van der Waals surface area contributed by atoms with Gasteiger partial charge in [-0.2, -0.15) is 5.10 Å². The number of nitro groups is 1. The zero-order valence-corrected chi connectivity index (χ0v) is 15.2. The number of aromatic hydroxyl groups is 1. The molecule has 1 amide bonds. The van der Waals surface area contributed by atoms with E-state index in [2.05, 4.69) is 10.5 Å². The Labute approximate surface area is 166 Å². The first-order valence-electron chi connectivity index (χ1n) is 8.61. The van der Waals surface area contributed by atoms with E-state index in [1.807, 2.05) is 30.3 Å². The van der Waals surface area contributed by atoms with Gasteiger partial charge >= 0.3 is 0 Å². The summed E-state index contributed by atoms with van der Waals surface area (Å²) in [5, 5.41) is 24.4. The molecule has 0 unspecified atom stereocenters. The zero-order chi connectivity index (χ0) is 20.6. The van der Waals surface area contributed by atoms with E-state index in [-0.39, 0.29) is 22.6 Å². The number of carbonyl (C=O) groups is 1. The molecule has 3 rings (SSSR count). The van der Waals surface area contributed by atoms with Crippen LogP contribution >= 0.6 is 0 Å². The number of hydrazone groups is 1. The first-order valence-corrected chi connectivity index (χ1v) is 8.61. The van der Waals surface area contributed by atoms with Crippen molar-refractivity contribution in [2.75, 3.05) is 0 Å². The van der Waals surface area contributed by atoms with Crippen molar-refractivity contribution in [3.05, 3.63) is 99.6 Å². The fourth-order valence-electron chi connectivity index (χ4n) is 2.49. The summed E-state index contributed by atoms with van der Waals surface area (Å²) in [6, 6.07) is 19.8. The highest BCUT2D eigenvalue weighted by molar-refractivity contribution is 5.97. The van der Waals surface area contributed by atoms with Gasteiger partial charge in [-0.05, 0) is 23.8 Å². The molecular formula is C21H17N3O5. The number of benzene rings is 3. The van der Waals surface area contributed by atoms with E-state index in [4.69, 9.17) is 4.74 Å². The second-order valence-electron chi connectivity index (χ2n) is 5.97. The van der Waals surface area contributed by atoms with Crippen molar-refractivity contribution in [2.45, 2.75) is 6.61 Å². The molecule has 0 fully saturated rings. The fraction of sp³-hybridized carbons (Fsp3) is 0.0476. The summed E-state index contributed by atoms with van der Waals surface area (Å²) in [6.07, 6.45) is 1.13. The van der Waals surface area contributed by atoms with Crippen LogP contribution in [0.1, 0.15) is 21.5 Å². The Bertz CT molecular complexity index is 1050. The molecule has 0 bridgehead atoms. The van der Waals surface area contributed by atoms with Gasteiger partial charge in [-0.3, -0.25) is 14.9 Å². The maximum atomic E-state index is 12.5. The van der Waals surface area contributed by atoms with Crippen molar-refractivity contribution in [1.29, 1.82) is 0 Å². The van der Waals surface area contributed by atoms with Crippen molar-refractivity contribution >= 4 is 17.8 Å². The minimum absolute atomic E-state index is 0.105. The lowest BCUT2D eigenvalue weighted by Gasteiger charge is -2.10. The van der Waals surface area contributed by atoms with E-state index < -0.39 is 10.8 Å². The average Bonchev–Trinajstić information content (AvgIpc) is 2.74. The van der Waals surface area contributed by atoms with E-state index in [9.17, 15) is 20.0 Å². The Kier molecular flexibility index (Phi) is 6.16. The van der Waals surface area contributed by atoms with E-state index in [1.165, 1.54) is 12.1 Å². The van der Waals surface area contributed by atoms with Crippen LogP contribution in [0, 0.1) is 10.1 Å². The molecule has 2 N–H and O–H groups in total. The summed E-state index contributed by atoms with van der Waals surface area (Å²) >= 11 is 0. The number of nitrogens with zero attached hydrogens (tertiary/aromatic N) is 2. The molecule has 8 nitrogen and oxygen atoms in total. The number of ether oxygens (including phenoxy) is 1. The third-order valence-corrected chi connectivity index (χ3v) is 3.96. The molecule has 3 aromatic carbocycles. The molecule has 0 saturated heterocycles. The quantitative estimate of drug-likeness (QED) is 0.363. The number of rotatable bonds is 7. The molecule has 0 aliphatic rings. The van der Waals surface area contributed by atoms with Gasteiger partial charge in [0.05, 0.1) is 16.7 Å². The largest absolute Gasteiger partial charge is 0.507 e. The van der Waals surface area contributed by atoms with Crippen LogP contribution in [0.3, 0.4) is 0 Å². The highest BCUT2D eigenvalue weighted by Crippen LogP contribution is 2.22. The molecule has 0 aromatic heterocycles. The molecular weight excluding hydrogens is 374 g/mol. The molecule has 3 aromatic rings. The Morgan fingerprint density at radius 3 is 2.59 bits per heavy atom. The normalized spacial score (nSPS) is 10.6. The van der Waals surface area contributed by atoms with E-state index >= 15 is 0 Å². The number of hydrogen-bond donors (Lipinski definition) is 2. The summed E-state index contributed by atoms with van der Waals surface area (Å²) in [5.41, 5.74) is 3.48. The first kappa shape index (κ1) is 19.6. The predicted molar refractivity (Wildman–Crippen MR) is 107 cm³/mol. The predicted octanol–water partition coefficient (Wildman–Crippen LogP) is 3.64. The molecule has 0 heterocycles. The first-order chi connectivity index (χ1) is 14.0. The molecule has 0 atom stereocenters. The highest BCUT2D eigenvalue weighted by Gasteiger charge is 2.12. The van der Waals surface area contributed by atoms with Gasteiger partial charge in [0.25, 0.3) is 11.6 Å². The number of phenols is 1. The standard InChI is InChI=1S/C21H17N3O5/c25-19-11-10-17(24(27)28)12-16(19)13-22-23-21(26)18-8-4-5-9-20(18)29-14-15-6-2-1-3-7-15/h1-13,25H,14H2,(H,23,26)/b22-13-. The lowest BCUT2D eigenvalue weighted by atomic mass is 10.2. The van der Waals surface area contributed by atoms with Crippen molar-refractivity contribution < 1.29 is 19.6 Å². The number of phenolic OH excluding ortho intramolecular Hbond substituents is 1. The van der Waals surface area contributed by atoms with E-state index in [0.717, 1.165) is 17.8 Å². The number of amides is 1. The third kappa shape index (κ3) is 5.16. The third-order valence-electron chi connectivity index (χ3n) is 3.96. The lowest BCUT2D eigenvalue weighted by Crippen LogP contribution is -2.18. The van der Waals surface area contributed by atoms with Crippen LogP contribution in [-0.4, -0.2) is 22.2 Å². The molecule has 146 valence electrons. The summed E-state index contributed by atoms with van der Waals surface area (Å²) in [7, 11) is 0. The van der Waals surface area contributed by atoms with Gasteiger partial charge in [0, 0.05) is 17.7 Å². The maximum Gasteiger partial charge on any atom is 0.275 e. The Balaban J connectivity index is 1.69. The van der Waals surface area contributed by atoms with Crippen LogP contribution in [-0.2, 0) is 6.61 Å². The Morgan fingerprint density at radius 1 is 1.10 bits per heavy atom. The summed E-state index contributed by atoms with van der Waals surface area (Å²) in [5.74, 6) is -0.322. The van der Waals surface area contributed by atoms with Gasteiger partial charge in [-0.15, -0.1) is 0 Å². The van der Waals surface area contributed by atoms with E-state index in [1.54, 1.807) is 24.3 Å². The van der Waals surface area contributed by atoms with Crippen molar-refractivity contribution in [3.8, 4) is 11.5 Å². The van der Waals surface area contributed by atoms with Crippen LogP contribution in [0.4, 0.5) is 5.69 Å². The second-order valence-corrected chi connectivity index (χ2v) is 5.97. The van der Waals surface area contributed by atoms with Crippen molar-refractivity contribution in [1.82, 2.24) is 5.43 Å². The number of non-ortho nitro benzene ring substituents is 1. The Hall–Kier alpha value is -4.20. The fourth-order valence-corrected chi connectivity index (χ4v) is 2.49. The molecule has 0 aliphatic carbocycles. The number of nitrogens with one attached hydrogen (secondary N) is 1. The second kappa shape index (κ2) is 9.14. The van der Waals surface area contributed by atoms with Gasteiger partial charge in [0.2, 0.25) is 0 Å². The van der Waals surface area contributed by atoms with Crippen LogP contribution in [0.2, 0.25) is 0 Å². The van der Waals surface area contributed by atoms with Crippen LogP contribution < -0.4 is 10.2 Å². The number of para-hydroxylation sites is 1. The minimum Gasteiger partial charge on any atom is -0.507 e. The summed E-state index contributed by atoms with van der Waals surface area (Å²) in [4.78, 5) is 22.7. The topological polar surface area (TPSA) is 114 Å². The van der Waals surface area contributed by atoms with Crippen LogP contribution in [0.25, 0.3) is 0 Å². The average molecular weight is 391 g/mol. The van der Waals surface area contributed by atoms with Crippen molar-refractivity contribution in [2.24, 2.45) is 5.10 Å². The minimum atomic E-state index is -0.588. The zero-order valence-electron chi connectivity index (χ0n) is 15.2. The van der Waals surface area contributed by atoms with Crippen LogP contribution in [0.5, 0.6) is 11.5 Å². The van der Waals surface area contributed by atoms with Crippen LogP contribution in [0.15, 0.2) is 77.9 Å². The molecule has 29 heavy (non-hydrogen) atoms.